The molecule has 1 aliphatic rings. The standard InChI is InChI=1S/C7H9NO3/c9-4-1-2-5-10-7-3-6-11-8-7/h9H,3-6H2. The monoisotopic (exact) mass is 155 g/mol. The van der Waals surface area contributed by atoms with Crippen LogP contribution in [0.1, 0.15) is 6.42 Å². The summed E-state index contributed by atoms with van der Waals surface area (Å²) >= 11 is 0. The zero-order valence-corrected chi connectivity index (χ0v) is 6.04. The van der Waals surface area contributed by atoms with Crippen molar-refractivity contribution in [2.45, 2.75) is 6.42 Å². The van der Waals surface area contributed by atoms with Crippen LogP contribution in [0.5, 0.6) is 0 Å². The third-order valence-corrected chi connectivity index (χ3v) is 1.09. The molecule has 0 fully saturated rings. The number of rotatable bonds is 1. The van der Waals surface area contributed by atoms with Crippen LogP contribution >= 0.6 is 0 Å². The highest BCUT2D eigenvalue weighted by Crippen LogP contribution is 1.99. The lowest BCUT2D eigenvalue weighted by molar-refractivity contribution is 0.171. The fourth-order valence-corrected chi connectivity index (χ4v) is 0.621. The van der Waals surface area contributed by atoms with Gasteiger partial charge < -0.3 is 14.7 Å². The van der Waals surface area contributed by atoms with Crippen molar-refractivity contribution in [3.05, 3.63) is 0 Å². The maximum Gasteiger partial charge on any atom is 0.230 e. The Labute approximate surface area is 64.8 Å². The van der Waals surface area contributed by atoms with E-state index in [1.807, 2.05) is 0 Å². The summed E-state index contributed by atoms with van der Waals surface area (Å²) in [6.07, 6.45) is 0.709. The van der Waals surface area contributed by atoms with Gasteiger partial charge in [-0.1, -0.05) is 17.0 Å². The Morgan fingerprint density at radius 2 is 2.55 bits per heavy atom. The van der Waals surface area contributed by atoms with Gasteiger partial charge in [-0.05, 0) is 0 Å². The van der Waals surface area contributed by atoms with Gasteiger partial charge in [-0.2, -0.15) is 0 Å². The van der Waals surface area contributed by atoms with E-state index in [1.165, 1.54) is 0 Å². The molecule has 4 heteroatoms. The summed E-state index contributed by atoms with van der Waals surface area (Å²) in [5.74, 6) is 5.64. The number of ether oxygens (including phenoxy) is 1. The molecular weight excluding hydrogens is 146 g/mol. The fourth-order valence-electron chi connectivity index (χ4n) is 0.621. The van der Waals surface area contributed by atoms with E-state index >= 15 is 0 Å². The minimum Gasteiger partial charge on any atom is -0.465 e. The van der Waals surface area contributed by atoms with Gasteiger partial charge >= 0.3 is 0 Å². The van der Waals surface area contributed by atoms with E-state index in [9.17, 15) is 0 Å². The third kappa shape index (κ3) is 2.92. The zero-order valence-electron chi connectivity index (χ0n) is 6.04. The molecule has 0 spiro atoms. The summed E-state index contributed by atoms with van der Waals surface area (Å²) in [6, 6.07) is 0. The molecule has 0 unspecified atom stereocenters. The highest BCUT2D eigenvalue weighted by atomic mass is 16.7. The number of nitrogens with zero attached hydrogens (tertiary/aromatic N) is 1. The number of aliphatic hydroxyl groups excluding tert-OH is 1. The van der Waals surface area contributed by atoms with Crippen LogP contribution < -0.4 is 0 Å². The molecule has 0 saturated carbocycles. The van der Waals surface area contributed by atoms with Crippen LogP contribution in [0.15, 0.2) is 5.16 Å². The number of oxime groups is 1. The predicted octanol–water partition coefficient (Wildman–Crippen LogP) is -0.268. The average Bonchev–Trinajstić information content (AvgIpc) is 2.50. The molecule has 1 rings (SSSR count). The maximum absolute atomic E-state index is 8.27. The van der Waals surface area contributed by atoms with Crippen molar-refractivity contribution in [2.75, 3.05) is 19.8 Å². The van der Waals surface area contributed by atoms with Gasteiger partial charge in [0.25, 0.3) is 0 Å². The SMILES string of the molecule is OCC#CCOC1=NOCC1. The van der Waals surface area contributed by atoms with Crippen molar-refractivity contribution in [2.24, 2.45) is 5.16 Å². The second kappa shape index (κ2) is 4.58. The van der Waals surface area contributed by atoms with Crippen molar-refractivity contribution >= 4 is 5.90 Å². The van der Waals surface area contributed by atoms with Crippen molar-refractivity contribution < 1.29 is 14.7 Å². The molecule has 0 aromatic heterocycles. The van der Waals surface area contributed by atoms with Crippen LogP contribution in [0.4, 0.5) is 0 Å². The van der Waals surface area contributed by atoms with Crippen molar-refractivity contribution in [3.8, 4) is 11.8 Å². The molecule has 11 heavy (non-hydrogen) atoms. The minimum absolute atomic E-state index is 0.133. The summed E-state index contributed by atoms with van der Waals surface area (Å²) in [4.78, 5) is 4.68. The molecule has 0 amide bonds. The van der Waals surface area contributed by atoms with Crippen LogP contribution in [0.25, 0.3) is 0 Å². The summed E-state index contributed by atoms with van der Waals surface area (Å²) in [6.45, 7) is 0.720. The topological polar surface area (TPSA) is 51.0 Å². The first-order valence-corrected chi connectivity index (χ1v) is 3.31. The maximum atomic E-state index is 8.27. The highest BCUT2D eigenvalue weighted by Gasteiger charge is 2.07. The third-order valence-electron chi connectivity index (χ3n) is 1.09. The first-order chi connectivity index (χ1) is 5.43. The Kier molecular flexibility index (Phi) is 3.29. The lowest BCUT2D eigenvalue weighted by atomic mass is 10.5. The Bertz CT molecular complexity index is 201. The van der Waals surface area contributed by atoms with Gasteiger partial charge in [0.1, 0.15) is 13.2 Å². The van der Waals surface area contributed by atoms with Gasteiger partial charge in [-0.3, -0.25) is 0 Å². The number of aliphatic hydroxyl groups is 1. The zero-order chi connectivity index (χ0) is 7.94. The van der Waals surface area contributed by atoms with Gasteiger partial charge in [0.2, 0.25) is 5.90 Å². The first kappa shape index (κ1) is 7.89. The summed E-state index contributed by atoms with van der Waals surface area (Å²) in [5.41, 5.74) is 0. The summed E-state index contributed by atoms with van der Waals surface area (Å²) < 4.78 is 5.05. The first-order valence-electron chi connectivity index (χ1n) is 3.31. The lowest BCUT2D eigenvalue weighted by Crippen LogP contribution is -2.01. The van der Waals surface area contributed by atoms with Crippen LogP contribution in [-0.4, -0.2) is 30.8 Å². The van der Waals surface area contributed by atoms with E-state index < -0.39 is 0 Å². The molecule has 0 radical (unpaired) electrons. The van der Waals surface area contributed by atoms with Crippen molar-refractivity contribution in [3.63, 3.8) is 0 Å². The van der Waals surface area contributed by atoms with E-state index in [1.54, 1.807) is 0 Å². The van der Waals surface area contributed by atoms with Crippen LogP contribution in [-0.2, 0) is 9.57 Å². The molecule has 0 atom stereocenters. The second-order valence-electron chi connectivity index (χ2n) is 1.87. The molecule has 0 bridgehead atoms. The molecule has 4 nitrogen and oxygen atoms in total. The van der Waals surface area contributed by atoms with Crippen molar-refractivity contribution in [1.29, 1.82) is 0 Å². The average molecular weight is 155 g/mol. The van der Waals surface area contributed by atoms with E-state index in [0.717, 1.165) is 0 Å². The molecule has 0 aliphatic carbocycles. The molecule has 0 aromatic rings. The number of hydrogen-bond donors (Lipinski definition) is 1. The van der Waals surface area contributed by atoms with Crippen LogP contribution in [0, 0.1) is 11.8 Å². The molecule has 1 N–H and O–H groups in total. The van der Waals surface area contributed by atoms with E-state index in [-0.39, 0.29) is 13.2 Å². The van der Waals surface area contributed by atoms with Gasteiger partial charge in [0.15, 0.2) is 6.61 Å². The quantitative estimate of drug-likeness (QED) is 0.530. The second-order valence-corrected chi connectivity index (χ2v) is 1.87. The van der Waals surface area contributed by atoms with Crippen LogP contribution in [0.3, 0.4) is 0 Å². The molecule has 1 heterocycles. The largest absolute Gasteiger partial charge is 0.465 e. The molecule has 0 aromatic carbocycles. The predicted molar refractivity (Wildman–Crippen MR) is 38.8 cm³/mol. The smallest absolute Gasteiger partial charge is 0.230 e. The molecule has 1 aliphatic heterocycles. The molecule has 0 saturated heterocycles. The Morgan fingerprint density at radius 3 is 3.18 bits per heavy atom. The molecular formula is C7H9NO3. The fraction of sp³-hybridized carbons (Fsp3) is 0.571. The van der Waals surface area contributed by atoms with Gasteiger partial charge in [-0.15, -0.1) is 0 Å². The van der Waals surface area contributed by atoms with Gasteiger partial charge in [-0.25, -0.2) is 0 Å². The normalized spacial score (nSPS) is 14.5. The van der Waals surface area contributed by atoms with Crippen LogP contribution in [0.2, 0.25) is 0 Å². The van der Waals surface area contributed by atoms with Gasteiger partial charge in [0, 0.05) is 0 Å². The Hall–Kier alpha value is -1.21. The van der Waals surface area contributed by atoms with Gasteiger partial charge in [0.05, 0.1) is 6.42 Å². The Balaban J connectivity index is 2.11. The summed E-state index contributed by atoms with van der Waals surface area (Å²) in [7, 11) is 0. The van der Waals surface area contributed by atoms with E-state index in [4.69, 9.17) is 9.84 Å². The number of hydrogen-bond acceptors (Lipinski definition) is 4. The Morgan fingerprint density at radius 1 is 1.64 bits per heavy atom. The highest BCUT2D eigenvalue weighted by molar-refractivity contribution is 5.76. The minimum atomic E-state index is -0.133. The van der Waals surface area contributed by atoms with E-state index in [2.05, 4.69) is 21.8 Å². The summed E-state index contributed by atoms with van der Waals surface area (Å²) in [5, 5.41) is 11.9. The van der Waals surface area contributed by atoms with E-state index in [0.29, 0.717) is 18.9 Å². The lowest BCUT2D eigenvalue weighted by Gasteiger charge is -1.95. The van der Waals surface area contributed by atoms with Crippen molar-refractivity contribution in [1.82, 2.24) is 0 Å². The molecule has 60 valence electrons.